The summed E-state index contributed by atoms with van der Waals surface area (Å²) in [6.45, 7) is 4.01. The summed E-state index contributed by atoms with van der Waals surface area (Å²) >= 11 is 0. The summed E-state index contributed by atoms with van der Waals surface area (Å²) in [5.41, 5.74) is 0.379. The molecule has 0 aliphatic carbocycles. The van der Waals surface area contributed by atoms with Crippen LogP contribution in [0.5, 0.6) is 11.5 Å². The number of allylic oxidation sites excluding steroid dienone is 2. The highest BCUT2D eigenvalue weighted by Crippen LogP contribution is 2.33. The molecule has 33 heavy (non-hydrogen) atoms. The molecule has 4 rings (SSSR count). The van der Waals surface area contributed by atoms with E-state index in [4.69, 9.17) is 14.9 Å². The van der Waals surface area contributed by atoms with E-state index in [0.29, 0.717) is 34.9 Å². The normalized spacial score (nSPS) is 19.3. The number of rotatable bonds is 8. The van der Waals surface area contributed by atoms with E-state index < -0.39 is 17.5 Å². The minimum absolute atomic E-state index is 0.0462. The Bertz CT molecular complexity index is 1190. The van der Waals surface area contributed by atoms with Gasteiger partial charge in [0.05, 0.1) is 13.7 Å². The second-order valence-electron chi connectivity index (χ2n) is 7.62. The Hall–Kier alpha value is -4.40. The van der Waals surface area contributed by atoms with Gasteiger partial charge in [-0.2, -0.15) is 0 Å². The summed E-state index contributed by atoms with van der Waals surface area (Å²) in [4.78, 5) is 39.6. The number of amides is 4. The van der Waals surface area contributed by atoms with Crippen molar-refractivity contribution in [3.05, 3.63) is 83.6 Å². The molecule has 1 atom stereocenters. The maximum Gasteiger partial charge on any atom is 0.322 e. The Morgan fingerprint density at radius 1 is 1.18 bits per heavy atom. The molecular weight excluding hydrogens is 424 g/mol. The number of benzene rings is 2. The third-order valence-corrected chi connectivity index (χ3v) is 5.54. The van der Waals surface area contributed by atoms with E-state index in [0.717, 1.165) is 11.8 Å². The van der Waals surface area contributed by atoms with Crippen LogP contribution in [0.3, 0.4) is 0 Å². The molecule has 9 nitrogen and oxygen atoms in total. The van der Waals surface area contributed by atoms with Crippen LogP contribution in [0.1, 0.15) is 21.5 Å². The number of nitrogens with one attached hydrogen (secondary N) is 3. The molecule has 2 aliphatic rings. The number of nitrogens with zero attached hydrogens (tertiary/aromatic N) is 1. The molecule has 2 aromatic carbocycles. The van der Waals surface area contributed by atoms with Gasteiger partial charge in [0.1, 0.15) is 17.3 Å². The van der Waals surface area contributed by atoms with Crippen molar-refractivity contribution >= 4 is 24.1 Å². The lowest BCUT2D eigenvalue weighted by Crippen LogP contribution is -2.52. The summed E-state index contributed by atoms with van der Waals surface area (Å²) in [5.74, 6) is 0.587. The first-order valence-corrected chi connectivity index (χ1v) is 10.1. The molecule has 168 valence electrons. The summed E-state index contributed by atoms with van der Waals surface area (Å²) < 4.78 is 10.8. The first kappa shape index (κ1) is 21.8. The molecule has 0 bridgehead atoms. The molecule has 2 aromatic rings. The fourth-order valence-corrected chi connectivity index (χ4v) is 3.93. The third kappa shape index (κ3) is 4.08. The van der Waals surface area contributed by atoms with Gasteiger partial charge in [0.25, 0.3) is 11.8 Å². The smallest absolute Gasteiger partial charge is 0.322 e. The van der Waals surface area contributed by atoms with Crippen LogP contribution in [0.4, 0.5) is 4.79 Å². The molecule has 0 saturated carbocycles. The summed E-state index contributed by atoms with van der Waals surface area (Å²) in [6, 6.07) is 11.2. The number of carbonyl (C=O) groups is 3. The quantitative estimate of drug-likeness (QED) is 0.249. The summed E-state index contributed by atoms with van der Waals surface area (Å²) in [6.07, 6.45) is 4.13. The standard InChI is InChI=1S/C24H22N4O5/c1-15(4-3-11-25)33-18-9-6-17(7-10-18)24(22(30)26-23(31)27-24)14-28-13-16-5-8-19(32-2)12-20(16)21(28)29/h3-12,25H,1,13-14H2,2H3,(H2,26,27,30,31)/b4-3-,25-11?. The van der Waals surface area contributed by atoms with Crippen LogP contribution < -0.4 is 20.1 Å². The van der Waals surface area contributed by atoms with Gasteiger partial charge in [-0.3, -0.25) is 14.9 Å². The third-order valence-electron chi connectivity index (χ3n) is 5.54. The van der Waals surface area contributed by atoms with E-state index in [-0.39, 0.29) is 12.5 Å². The second kappa shape index (κ2) is 8.62. The number of methoxy groups -OCH3 is 1. The molecule has 2 aliphatic heterocycles. The van der Waals surface area contributed by atoms with E-state index in [1.165, 1.54) is 18.1 Å². The number of fused-ring (bicyclic) bond motifs is 1. The van der Waals surface area contributed by atoms with Gasteiger partial charge in [-0.1, -0.05) is 24.8 Å². The molecule has 4 amide bonds. The van der Waals surface area contributed by atoms with E-state index in [1.54, 1.807) is 42.5 Å². The summed E-state index contributed by atoms with van der Waals surface area (Å²) in [7, 11) is 1.53. The van der Waals surface area contributed by atoms with Gasteiger partial charge in [-0.25, -0.2) is 4.79 Å². The Morgan fingerprint density at radius 2 is 1.91 bits per heavy atom. The first-order chi connectivity index (χ1) is 15.9. The fourth-order valence-electron chi connectivity index (χ4n) is 3.93. The monoisotopic (exact) mass is 446 g/mol. The molecule has 0 radical (unpaired) electrons. The number of hydrogen-bond donors (Lipinski definition) is 3. The van der Waals surface area contributed by atoms with Crippen molar-refractivity contribution in [1.82, 2.24) is 15.5 Å². The molecule has 3 N–H and O–H groups in total. The first-order valence-electron chi connectivity index (χ1n) is 10.1. The number of ether oxygens (including phenoxy) is 2. The SMILES string of the molecule is C=C(/C=C\C=N)Oc1ccc(C2(CN3Cc4ccc(OC)cc4C3=O)NC(=O)NC2=O)cc1. The van der Waals surface area contributed by atoms with Crippen LogP contribution in [-0.4, -0.2) is 42.6 Å². The fraction of sp³-hybridized carbons (Fsp3) is 0.167. The van der Waals surface area contributed by atoms with Crippen molar-refractivity contribution in [3.63, 3.8) is 0 Å². The zero-order valence-corrected chi connectivity index (χ0v) is 17.9. The second-order valence-corrected chi connectivity index (χ2v) is 7.62. The highest BCUT2D eigenvalue weighted by atomic mass is 16.5. The van der Waals surface area contributed by atoms with E-state index >= 15 is 0 Å². The predicted molar refractivity (Wildman–Crippen MR) is 120 cm³/mol. The van der Waals surface area contributed by atoms with Gasteiger partial charge >= 0.3 is 6.03 Å². The predicted octanol–water partition coefficient (Wildman–Crippen LogP) is 2.48. The average Bonchev–Trinajstić information content (AvgIpc) is 3.27. The number of imide groups is 1. The largest absolute Gasteiger partial charge is 0.497 e. The van der Waals surface area contributed by atoms with Gasteiger partial charge in [0, 0.05) is 18.3 Å². The van der Waals surface area contributed by atoms with Gasteiger partial charge in [0.2, 0.25) is 0 Å². The molecule has 1 unspecified atom stereocenters. The number of carbonyl (C=O) groups excluding carboxylic acids is 3. The maximum absolute atomic E-state index is 13.1. The van der Waals surface area contributed by atoms with Crippen molar-refractivity contribution < 1.29 is 23.9 Å². The van der Waals surface area contributed by atoms with Crippen molar-refractivity contribution in [3.8, 4) is 11.5 Å². The van der Waals surface area contributed by atoms with E-state index in [9.17, 15) is 14.4 Å². The highest BCUT2D eigenvalue weighted by molar-refractivity contribution is 6.08. The minimum atomic E-state index is -1.45. The van der Waals surface area contributed by atoms with Crippen LogP contribution in [-0.2, 0) is 16.9 Å². The Balaban J connectivity index is 1.60. The Labute approximate surface area is 190 Å². The lowest BCUT2D eigenvalue weighted by molar-refractivity contribution is -0.124. The van der Waals surface area contributed by atoms with Crippen molar-refractivity contribution in [1.29, 1.82) is 5.41 Å². The molecule has 1 saturated heterocycles. The maximum atomic E-state index is 13.1. The molecule has 1 fully saturated rings. The topological polar surface area (TPSA) is 121 Å². The molecular formula is C24H22N4O5. The molecule has 2 heterocycles. The van der Waals surface area contributed by atoms with Gasteiger partial charge < -0.3 is 25.1 Å². The van der Waals surface area contributed by atoms with Crippen molar-refractivity contribution in [2.24, 2.45) is 0 Å². The number of hydrogen-bond acceptors (Lipinski definition) is 6. The number of urea groups is 1. The molecule has 0 spiro atoms. The average molecular weight is 446 g/mol. The van der Waals surface area contributed by atoms with Crippen LogP contribution in [0, 0.1) is 5.41 Å². The Morgan fingerprint density at radius 3 is 2.55 bits per heavy atom. The zero-order valence-electron chi connectivity index (χ0n) is 17.9. The van der Waals surface area contributed by atoms with E-state index in [1.807, 2.05) is 6.07 Å². The Kier molecular flexibility index (Phi) is 5.70. The van der Waals surface area contributed by atoms with Gasteiger partial charge in [-0.15, -0.1) is 0 Å². The van der Waals surface area contributed by atoms with Crippen LogP contribution >= 0.6 is 0 Å². The van der Waals surface area contributed by atoms with Crippen molar-refractivity contribution in [2.45, 2.75) is 12.1 Å². The zero-order chi connectivity index (χ0) is 23.6. The van der Waals surface area contributed by atoms with Crippen LogP contribution in [0.15, 0.2) is 67.0 Å². The van der Waals surface area contributed by atoms with Crippen LogP contribution in [0.2, 0.25) is 0 Å². The highest BCUT2D eigenvalue weighted by Gasteiger charge is 2.50. The molecule has 9 heteroatoms. The summed E-state index contributed by atoms with van der Waals surface area (Å²) in [5, 5.41) is 12.0. The minimum Gasteiger partial charge on any atom is -0.497 e. The van der Waals surface area contributed by atoms with E-state index in [2.05, 4.69) is 17.2 Å². The van der Waals surface area contributed by atoms with Crippen molar-refractivity contribution in [2.75, 3.05) is 13.7 Å². The van der Waals surface area contributed by atoms with Gasteiger partial charge in [-0.05, 0) is 47.5 Å². The lowest BCUT2D eigenvalue weighted by Gasteiger charge is -2.31. The lowest BCUT2D eigenvalue weighted by atomic mass is 9.89. The van der Waals surface area contributed by atoms with Crippen LogP contribution in [0.25, 0.3) is 0 Å². The van der Waals surface area contributed by atoms with Gasteiger partial charge in [0.15, 0.2) is 5.54 Å². The molecule has 0 aromatic heterocycles.